The van der Waals surface area contributed by atoms with Gasteiger partial charge in [-0.15, -0.1) is 6.58 Å². The highest BCUT2D eigenvalue weighted by Gasteiger charge is 2.20. The maximum Gasteiger partial charge on any atom is 0.226 e. The zero-order valence-electron chi connectivity index (χ0n) is 17.0. The molecule has 6 nitrogen and oxygen atoms in total. The van der Waals surface area contributed by atoms with Gasteiger partial charge >= 0.3 is 0 Å². The standard InChI is InChI=1S/C23H24FN3O3/c1-4-14-25-22(28)13-12-21-16(2)26-27(18-8-10-19(29-3)11-9-18)23(21)30-20-7-5-6-17(24)15-20/h4-11,15H,1,12-14H2,2-3H3,(H,25,28). The number of methoxy groups -OCH3 is 1. The third-order valence-corrected chi connectivity index (χ3v) is 4.51. The van der Waals surface area contributed by atoms with Crippen LogP contribution in [0.15, 0.2) is 61.2 Å². The van der Waals surface area contributed by atoms with E-state index in [1.165, 1.54) is 12.1 Å². The first-order valence-corrected chi connectivity index (χ1v) is 9.55. The Kier molecular flexibility index (Phi) is 6.85. The fraction of sp³-hybridized carbons (Fsp3) is 0.217. The van der Waals surface area contributed by atoms with Crippen molar-refractivity contribution >= 4 is 5.91 Å². The Morgan fingerprint density at radius 1 is 1.23 bits per heavy atom. The fourth-order valence-corrected chi connectivity index (χ4v) is 2.98. The van der Waals surface area contributed by atoms with Gasteiger partial charge in [-0.25, -0.2) is 9.07 Å². The number of nitrogens with one attached hydrogen (secondary N) is 1. The molecule has 3 rings (SSSR count). The van der Waals surface area contributed by atoms with Crippen LogP contribution in [-0.2, 0) is 11.2 Å². The molecule has 2 aromatic carbocycles. The quantitative estimate of drug-likeness (QED) is 0.534. The van der Waals surface area contributed by atoms with Gasteiger partial charge in [0.05, 0.1) is 18.5 Å². The zero-order valence-corrected chi connectivity index (χ0v) is 17.0. The molecule has 3 aromatic rings. The van der Waals surface area contributed by atoms with E-state index in [-0.39, 0.29) is 12.3 Å². The van der Waals surface area contributed by atoms with Gasteiger partial charge in [-0.1, -0.05) is 12.1 Å². The SMILES string of the molecule is C=CCNC(=O)CCc1c(C)nn(-c2ccc(OC)cc2)c1Oc1cccc(F)c1. The molecular weight excluding hydrogens is 385 g/mol. The Bertz CT molecular complexity index is 1030. The molecule has 0 radical (unpaired) electrons. The Hall–Kier alpha value is -3.61. The predicted octanol–water partition coefficient (Wildman–Crippen LogP) is 4.36. The fourth-order valence-electron chi connectivity index (χ4n) is 2.98. The highest BCUT2D eigenvalue weighted by molar-refractivity contribution is 5.76. The zero-order chi connectivity index (χ0) is 21.5. The molecule has 0 saturated carbocycles. The highest BCUT2D eigenvalue weighted by Crippen LogP contribution is 2.32. The van der Waals surface area contributed by atoms with Crippen molar-refractivity contribution in [2.24, 2.45) is 0 Å². The molecule has 0 aliphatic rings. The monoisotopic (exact) mass is 409 g/mol. The van der Waals surface area contributed by atoms with Crippen molar-refractivity contribution in [2.45, 2.75) is 19.8 Å². The molecule has 0 atom stereocenters. The van der Waals surface area contributed by atoms with Gasteiger partial charge in [0, 0.05) is 24.6 Å². The van der Waals surface area contributed by atoms with Gasteiger partial charge in [0.2, 0.25) is 11.8 Å². The van der Waals surface area contributed by atoms with E-state index in [1.807, 2.05) is 31.2 Å². The van der Waals surface area contributed by atoms with Crippen molar-refractivity contribution < 1.29 is 18.7 Å². The summed E-state index contributed by atoms with van der Waals surface area (Å²) in [5.74, 6) is 1.02. The molecule has 0 aliphatic carbocycles. The Morgan fingerprint density at radius 2 is 2.00 bits per heavy atom. The summed E-state index contributed by atoms with van der Waals surface area (Å²) in [6, 6.07) is 13.2. The van der Waals surface area contributed by atoms with Crippen LogP contribution in [0.5, 0.6) is 17.4 Å². The van der Waals surface area contributed by atoms with Crippen LogP contribution in [0.4, 0.5) is 4.39 Å². The molecule has 7 heteroatoms. The lowest BCUT2D eigenvalue weighted by atomic mass is 10.1. The molecule has 30 heavy (non-hydrogen) atoms. The Labute approximate surface area is 174 Å². The Morgan fingerprint density at radius 3 is 2.67 bits per heavy atom. The van der Waals surface area contributed by atoms with E-state index < -0.39 is 5.82 Å². The van der Waals surface area contributed by atoms with E-state index in [0.717, 1.165) is 16.9 Å². The van der Waals surface area contributed by atoms with Crippen molar-refractivity contribution in [3.63, 3.8) is 0 Å². The minimum Gasteiger partial charge on any atom is -0.497 e. The second-order valence-corrected chi connectivity index (χ2v) is 6.63. The molecule has 1 N–H and O–H groups in total. The van der Waals surface area contributed by atoms with E-state index in [9.17, 15) is 9.18 Å². The predicted molar refractivity (Wildman–Crippen MR) is 113 cm³/mol. The number of carbonyl (C=O) groups is 1. The maximum absolute atomic E-state index is 13.7. The number of halogens is 1. The molecular formula is C23H24FN3O3. The van der Waals surface area contributed by atoms with Crippen LogP contribution in [0.1, 0.15) is 17.7 Å². The van der Waals surface area contributed by atoms with Crippen LogP contribution in [0.3, 0.4) is 0 Å². The van der Waals surface area contributed by atoms with Gasteiger partial charge in [0.15, 0.2) is 0 Å². The summed E-state index contributed by atoms with van der Waals surface area (Å²) in [7, 11) is 1.60. The summed E-state index contributed by atoms with van der Waals surface area (Å²) in [6.07, 6.45) is 2.32. The largest absolute Gasteiger partial charge is 0.497 e. The molecule has 1 amide bonds. The summed E-state index contributed by atoms with van der Waals surface area (Å²) >= 11 is 0. The molecule has 0 fully saturated rings. The lowest BCUT2D eigenvalue weighted by Gasteiger charge is -2.12. The van der Waals surface area contributed by atoms with Gasteiger partial charge < -0.3 is 14.8 Å². The minimum atomic E-state index is -0.398. The number of nitrogens with zero attached hydrogens (tertiary/aromatic N) is 2. The van der Waals surface area contributed by atoms with Gasteiger partial charge in [-0.2, -0.15) is 5.10 Å². The number of rotatable bonds is 9. The molecule has 1 aromatic heterocycles. The number of benzene rings is 2. The number of amides is 1. The van der Waals surface area contributed by atoms with Crippen molar-refractivity contribution in [3.05, 3.63) is 78.3 Å². The van der Waals surface area contributed by atoms with E-state index >= 15 is 0 Å². The average Bonchev–Trinajstić information content (AvgIpc) is 3.05. The van der Waals surface area contributed by atoms with Crippen LogP contribution in [0, 0.1) is 12.7 Å². The van der Waals surface area contributed by atoms with Crippen molar-refractivity contribution in [1.29, 1.82) is 0 Å². The van der Waals surface area contributed by atoms with E-state index in [0.29, 0.717) is 30.3 Å². The van der Waals surface area contributed by atoms with Crippen LogP contribution in [0.2, 0.25) is 0 Å². The number of hydrogen-bond acceptors (Lipinski definition) is 4. The van der Waals surface area contributed by atoms with Crippen molar-refractivity contribution in [3.8, 4) is 23.1 Å². The van der Waals surface area contributed by atoms with Crippen LogP contribution in [-0.4, -0.2) is 29.3 Å². The first kappa shape index (κ1) is 21.1. The normalized spacial score (nSPS) is 10.5. The summed E-state index contributed by atoms with van der Waals surface area (Å²) in [5, 5.41) is 7.37. The minimum absolute atomic E-state index is 0.0943. The smallest absolute Gasteiger partial charge is 0.226 e. The molecule has 0 unspecified atom stereocenters. The number of aryl methyl sites for hydroxylation is 1. The number of hydrogen-bond donors (Lipinski definition) is 1. The maximum atomic E-state index is 13.7. The summed E-state index contributed by atoms with van der Waals surface area (Å²) in [5.41, 5.74) is 2.27. The lowest BCUT2D eigenvalue weighted by Crippen LogP contribution is -2.23. The summed E-state index contributed by atoms with van der Waals surface area (Å²) in [4.78, 5) is 12.1. The van der Waals surface area contributed by atoms with Crippen LogP contribution < -0.4 is 14.8 Å². The van der Waals surface area contributed by atoms with Gasteiger partial charge in [-0.05, 0) is 49.7 Å². The van der Waals surface area contributed by atoms with Gasteiger partial charge in [0.1, 0.15) is 17.3 Å². The molecule has 0 bridgehead atoms. The number of carbonyl (C=O) groups excluding carboxylic acids is 1. The third-order valence-electron chi connectivity index (χ3n) is 4.51. The molecule has 0 aliphatic heterocycles. The second kappa shape index (κ2) is 9.73. The molecule has 156 valence electrons. The van der Waals surface area contributed by atoms with E-state index in [1.54, 1.807) is 30.0 Å². The van der Waals surface area contributed by atoms with Crippen LogP contribution >= 0.6 is 0 Å². The summed E-state index contributed by atoms with van der Waals surface area (Å²) < 4.78 is 26.6. The van der Waals surface area contributed by atoms with Crippen molar-refractivity contribution in [1.82, 2.24) is 15.1 Å². The van der Waals surface area contributed by atoms with E-state index in [2.05, 4.69) is 17.0 Å². The third kappa shape index (κ3) is 5.05. The van der Waals surface area contributed by atoms with Crippen LogP contribution in [0.25, 0.3) is 5.69 Å². The van der Waals surface area contributed by atoms with Gasteiger partial charge in [-0.3, -0.25) is 4.79 Å². The highest BCUT2D eigenvalue weighted by atomic mass is 19.1. The second-order valence-electron chi connectivity index (χ2n) is 6.63. The van der Waals surface area contributed by atoms with Gasteiger partial charge in [0.25, 0.3) is 0 Å². The van der Waals surface area contributed by atoms with Crippen molar-refractivity contribution in [2.75, 3.05) is 13.7 Å². The first-order valence-electron chi connectivity index (χ1n) is 9.55. The first-order chi connectivity index (χ1) is 14.5. The topological polar surface area (TPSA) is 65.4 Å². The lowest BCUT2D eigenvalue weighted by molar-refractivity contribution is -0.120. The number of ether oxygens (including phenoxy) is 2. The number of aromatic nitrogens is 2. The average molecular weight is 409 g/mol. The summed E-state index contributed by atoms with van der Waals surface area (Å²) in [6.45, 7) is 5.86. The Balaban J connectivity index is 1.96. The molecule has 1 heterocycles. The van der Waals surface area contributed by atoms with E-state index in [4.69, 9.17) is 9.47 Å². The molecule has 0 saturated heterocycles. The molecule has 0 spiro atoms.